The third kappa shape index (κ3) is 3.35. The third-order valence-electron chi connectivity index (χ3n) is 2.83. The van der Waals surface area contributed by atoms with E-state index in [-0.39, 0.29) is 0 Å². The molecule has 0 radical (unpaired) electrons. The third-order valence-corrected chi connectivity index (χ3v) is 4.48. The van der Waals surface area contributed by atoms with Crippen LogP contribution >= 0.6 is 34.5 Å². The molecule has 1 aliphatic rings. The molecule has 1 nitrogen and oxygen atoms in total. The van der Waals surface area contributed by atoms with Gasteiger partial charge in [-0.25, -0.2) is 0 Å². The lowest BCUT2D eigenvalue weighted by Gasteiger charge is -2.31. The van der Waals surface area contributed by atoms with Gasteiger partial charge in [-0.2, -0.15) is 0 Å². The maximum Gasteiger partial charge on any atom is 0.0931 e. The first kappa shape index (κ1) is 11.7. The molecule has 0 N–H and O–H groups in total. The van der Waals surface area contributed by atoms with Crippen LogP contribution in [0.25, 0.3) is 0 Å². The van der Waals surface area contributed by atoms with Crippen molar-refractivity contribution in [3.8, 4) is 0 Å². The summed E-state index contributed by atoms with van der Waals surface area (Å²) in [6.07, 6.45) is 2.56. The number of piperidine rings is 1. The Hall–Kier alpha value is 0.240. The lowest BCUT2D eigenvalue weighted by atomic mass is 10.0. The molecule has 0 aliphatic carbocycles. The minimum absolute atomic E-state index is 0.677. The summed E-state index contributed by atoms with van der Waals surface area (Å²) in [6.45, 7) is 3.37. The lowest BCUT2D eigenvalue weighted by molar-refractivity contribution is 0.179. The number of likely N-dealkylation sites (tertiary alicyclic amines) is 1. The van der Waals surface area contributed by atoms with Crippen LogP contribution in [0.1, 0.15) is 17.7 Å². The highest BCUT2D eigenvalue weighted by atomic mass is 35.5. The Morgan fingerprint density at radius 3 is 3.00 bits per heavy atom. The molecule has 4 heteroatoms. The molecule has 0 amide bonds. The molecule has 1 aromatic rings. The molecule has 0 bridgehead atoms. The van der Waals surface area contributed by atoms with Crippen LogP contribution in [0.2, 0.25) is 4.34 Å². The van der Waals surface area contributed by atoms with Crippen molar-refractivity contribution >= 4 is 34.5 Å². The van der Waals surface area contributed by atoms with Crippen molar-refractivity contribution in [2.75, 3.05) is 19.0 Å². The van der Waals surface area contributed by atoms with E-state index in [0.29, 0.717) is 5.92 Å². The predicted octanol–water partition coefficient (Wildman–Crippen LogP) is 3.85. The molecule has 84 valence electrons. The quantitative estimate of drug-likeness (QED) is 0.749. The van der Waals surface area contributed by atoms with Gasteiger partial charge in [-0.15, -0.1) is 22.9 Å². The van der Waals surface area contributed by atoms with Gasteiger partial charge in [0.15, 0.2) is 0 Å². The molecule has 2 heterocycles. The van der Waals surface area contributed by atoms with Crippen LogP contribution in [-0.4, -0.2) is 23.9 Å². The normalized spacial score (nSPS) is 23.2. The molecule has 0 saturated carbocycles. The smallest absolute Gasteiger partial charge is 0.0931 e. The molecule has 1 unspecified atom stereocenters. The number of nitrogens with zero attached hydrogens (tertiary/aromatic N) is 1. The summed E-state index contributed by atoms with van der Waals surface area (Å²) < 4.78 is 0.885. The zero-order valence-electron chi connectivity index (χ0n) is 8.59. The van der Waals surface area contributed by atoms with E-state index >= 15 is 0 Å². The van der Waals surface area contributed by atoms with Crippen molar-refractivity contribution in [1.82, 2.24) is 4.90 Å². The summed E-state index contributed by atoms with van der Waals surface area (Å²) in [7, 11) is 0. The SMILES string of the molecule is ClCC1CCCN(Cc2ccc(Cl)s2)C1. The summed E-state index contributed by atoms with van der Waals surface area (Å²) in [4.78, 5) is 3.84. The topological polar surface area (TPSA) is 3.24 Å². The van der Waals surface area contributed by atoms with E-state index < -0.39 is 0 Å². The highest BCUT2D eigenvalue weighted by Crippen LogP contribution is 2.25. The van der Waals surface area contributed by atoms with Crippen LogP contribution in [0.5, 0.6) is 0 Å². The van der Waals surface area contributed by atoms with Crippen molar-refractivity contribution in [2.45, 2.75) is 19.4 Å². The molecular weight excluding hydrogens is 249 g/mol. The van der Waals surface area contributed by atoms with Gasteiger partial charge in [-0.3, -0.25) is 4.90 Å². The molecule has 1 aliphatic heterocycles. The fraction of sp³-hybridized carbons (Fsp3) is 0.636. The number of alkyl halides is 1. The molecule has 2 rings (SSSR count). The Kier molecular flexibility index (Phi) is 4.32. The van der Waals surface area contributed by atoms with Crippen LogP contribution in [0, 0.1) is 5.92 Å². The van der Waals surface area contributed by atoms with Gasteiger partial charge >= 0.3 is 0 Å². The summed E-state index contributed by atoms with van der Waals surface area (Å²) in [5.74, 6) is 1.47. The summed E-state index contributed by atoms with van der Waals surface area (Å²) in [6, 6.07) is 4.10. The number of thiophene rings is 1. The number of hydrogen-bond donors (Lipinski definition) is 0. The minimum Gasteiger partial charge on any atom is -0.298 e. The van der Waals surface area contributed by atoms with Gasteiger partial charge in [0.05, 0.1) is 4.34 Å². The van der Waals surface area contributed by atoms with E-state index in [1.165, 1.54) is 24.3 Å². The van der Waals surface area contributed by atoms with E-state index in [1.54, 1.807) is 11.3 Å². The van der Waals surface area contributed by atoms with Crippen molar-refractivity contribution in [2.24, 2.45) is 5.92 Å². The van der Waals surface area contributed by atoms with Crippen molar-refractivity contribution in [3.63, 3.8) is 0 Å². The van der Waals surface area contributed by atoms with Gasteiger partial charge in [-0.05, 0) is 37.4 Å². The molecule has 15 heavy (non-hydrogen) atoms. The predicted molar refractivity (Wildman–Crippen MR) is 68.1 cm³/mol. The van der Waals surface area contributed by atoms with Crippen LogP contribution in [-0.2, 0) is 6.54 Å². The Morgan fingerprint density at radius 1 is 1.47 bits per heavy atom. The van der Waals surface area contributed by atoms with Crippen molar-refractivity contribution < 1.29 is 0 Å². The summed E-state index contributed by atoms with van der Waals surface area (Å²) in [5.41, 5.74) is 0. The highest BCUT2D eigenvalue weighted by Gasteiger charge is 2.19. The fourth-order valence-corrected chi connectivity index (χ4v) is 3.46. The second kappa shape index (κ2) is 5.53. The largest absolute Gasteiger partial charge is 0.298 e. The van der Waals surface area contributed by atoms with Gasteiger partial charge in [0.1, 0.15) is 0 Å². The Balaban J connectivity index is 1.88. The number of halogens is 2. The average molecular weight is 264 g/mol. The van der Waals surface area contributed by atoms with Gasteiger partial charge in [0.2, 0.25) is 0 Å². The van der Waals surface area contributed by atoms with Crippen molar-refractivity contribution in [3.05, 3.63) is 21.3 Å². The van der Waals surface area contributed by atoms with Crippen LogP contribution < -0.4 is 0 Å². The minimum atomic E-state index is 0.677. The standard InChI is InChI=1S/C11H15Cl2NS/c12-6-9-2-1-5-14(7-9)8-10-3-4-11(13)15-10/h3-4,9H,1-2,5-8H2. The fourth-order valence-electron chi connectivity index (χ4n) is 2.08. The Morgan fingerprint density at radius 2 is 2.33 bits per heavy atom. The number of rotatable bonds is 3. The van der Waals surface area contributed by atoms with Crippen molar-refractivity contribution in [1.29, 1.82) is 0 Å². The van der Waals surface area contributed by atoms with E-state index in [9.17, 15) is 0 Å². The Bertz CT molecular complexity index is 313. The van der Waals surface area contributed by atoms with Crippen LogP contribution in [0.4, 0.5) is 0 Å². The average Bonchev–Trinajstić information content (AvgIpc) is 2.64. The summed E-state index contributed by atoms with van der Waals surface area (Å²) in [5, 5.41) is 0. The maximum absolute atomic E-state index is 5.91. The maximum atomic E-state index is 5.91. The molecule has 1 saturated heterocycles. The first-order valence-corrected chi connectivity index (χ1v) is 7.03. The molecule has 0 aromatic carbocycles. The lowest BCUT2D eigenvalue weighted by Crippen LogP contribution is -2.35. The van der Waals surface area contributed by atoms with Gasteiger partial charge in [0, 0.05) is 23.8 Å². The molecule has 1 atom stereocenters. The first-order chi connectivity index (χ1) is 7.28. The van der Waals surface area contributed by atoms with Gasteiger partial charge in [-0.1, -0.05) is 11.6 Å². The molecule has 0 spiro atoms. The molecular formula is C11H15Cl2NS. The van der Waals surface area contributed by atoms with E-state index in [2.05, 4.69) is 11.0 Å². The van der Waals surface area contributed by atoms with Gasteiger partial charge < -0.3 is 0 Å². The van der Waals surface area contributed by atoms with Crippen LogP contribution in [0.15, 0.2) is 12.1 Å². The van der Waals surface area contributed by atoms with Gasteiger partial charge in [0.25, 0.3) is 0 Å². The second-order valence-corrected chi connectivity index (χ2v) is 6.21. The van der Waals surface area contributed by atoms with E-state index in [1.807, 2.05) is 6.07 Å². The van der Waals surface area contributed by atoms with E-state index in [0.717, 1.165) is 23.3 Å². The summed E-state index contributed by atoms with van der Waals surface area (Å²) >= 11 is 13.5. The molecule has 1 fully saturated rings. The van der Waals surface area contributed by atoms with Crippen LogP contribution in [0.3, 0.4) is 0 Å². The van der Waals surface area contributed by atoms with E-state index in [4.69, 9.17) is 23.2 Å². The Labute approximate surface area is 105 Å². The molecule has 1 aromatic heterocycles. The first-order valence-electron chi connectivity index (χ1n) is 5.30. The number of hydrogen-bond acceptors (Lipinski definition) is 2. The zero-order valence-corrected chi connectivity index (χ0v) is 10.9. The highest BCUT2D eigenvalue weighted by molar-refractivity contribution is 7.16. The monoisotopic (exact) mass is 263 g/mol. The zero-order chi connectivity index (χ0) is 10.7. The second-order valence-electron chi connectivity index (χ2n) is 4.10.